The summed E-state index contributed by atoms with van der Waals surface area (Å²) in [6, 6.07) is 16.9. The van der Waals surface area contributed by atoms with Crippen LogP contribution in [0.25, 0.3) is 0 Å². The van der Waals surface area contributed by atoms with Gasteiger partial charge in [-0.15, -0.1) is 0 Å². The highest BCUT2D eigenvalue weighted by Crippen LogP contribution is 2.29. The van der Waals surface area contributed by atoms with Crippen molar-refractivity contribution in [2.75, 3.05) is 60.7 Å². The molecule has 0 spiro atoms. The number of benzene rings is 2. The zero-order valence-electron chi connectivity index (χ0n) is 13.4. The van der Waals surface area contributed by atoms with Gasteiger partial charge >= 0.3 is 0 Å². The molecule has 4 heteroatoms. The monoisotopic (exact) mass is 296 g/mol. The van der Waals surface area contributed by atoms with Crippen molar-refractivity contribution in [3.05, 3.63) is 48.5 Å². The van der Waals surface area contributed by atoms with E-state index in [4.69, 9.17) is 5.73 Å². The van der Waals surface area contributed by atoms with Gasteiger partial charge in [0.1, 0.15) is 0 Å². The lowest BCUT2D eigenvalue weighted by atomic mass is 10.2. The Labute approximate surface area is 132 Å². The van der Waals surface area contributed by atoms with Gasteiger partial charge in [-0.05, 0) is 30.3 Å². The molecule has 116 valence electrons. The number of piperazine rings is 1. The highest BCUT2D eigenvalue weighted by atomic mass is 15.3. The fraction of sp³-hybridized carbons (Fsp3) is 0.333. The maximum Gasteiger partial charge on any atom is 0.0602 e. The van der Waals surface area contributed by atoms with Crippen LogP contribution in [0.1, 0.15) is 0 Å². The van der Waals surface area contributed by atoms with Gasteiger partial charge in [0.2, 0.25) is 0 Å². The minimum absolute atomic E-state index is 0.861. The summed E-state index contributed by atoms with van der Waals surface area (Å²) in [5, 5.41) is 0. The van der Waals surface area contributed by atoms with Crippen molar-refractivity contribution >= 4 is 22.7 Å². The predicted molar refractivity (Wildman–Crippen MR) is 96.0 cm³/mol. The zero-order chi connectivity index (χ0) is 15.5. The van der Waals surface area contributed by atoms with Crippen LogP contribution in [-0.4, -0.2) is 40.3 Å². The van der Waals surface area contributed by atoms with E-state index in [0.717, 1.165) is 43.2 Å². The molecule has 4 nitrogen and oxygen atoms in total. The summed E-state index contributed by atoms with van der Waals surface area (Å²) in [5.74, 6) is 0. The third-order valence-electron chi connectivity index (χ3n) is 4.27. The Morgan fingerprint density at radius 1 is 0.864 bits per heavy atom. The van der Waals surface area contributed by atoms with Crippen LogP contribution in [0, 0.1) is 0 Å². The van der Waals surface area contributed by atoms with E-state index in [2.05, 4.69) is 63.2 Å². The van der Waals surface area contributed by atoms with Gasteiger partial charge in [0.15, 0.2) is 0 Å². The third kappa shape index (κ3) is 2.96. The molecule has 2 aromatic carbocycles. The zero-order valence-corrected chi connectivity index (χ0v) is 13.4. The van der Waals surface area contributed by atoms with Crippen molar-refractivity contribution < 1.29 is 0 Å². The van der Waals surface area contributed by atoms with Crippen molar-refractivity contribution in [3.63, 3.8) is 0 Å². The number of nitrogen functional groups attached to an aromatic ring is 1. The normalized spacial score (nSPS) is 15.0. The maximum absolute atomic E-state index is 6.25. The molecule has 2 N–H and O–H groups in total. The van der Waals surface area contributed by atoms with Gasteiger partial charge in [0.25, 0.3) is 0 Å². The molecule has 0 bridgehead atoms. The molecule has 0 radical (unpaired) electrons. The van der Waals surface area contributed by atoms with Crippen LogP contribution in [0.3, 0.4) is 0 Å². The van der Waals surface area contributed by atoms with E-state index in [1.807, 2.05) is 14.1 Å². The van der Waals surface area contributed by atoms with E-state index in [0.29, 0.717) is 0 Å². The number of nitrogens with zero attached hydrogens (tertiary/aromatic N) is 3. The fourth-order valence-corrected chi connectivity index (χ4v) is 2.95. The largest absolute Gasteiger partial charge is 0.397 e. The smallest absolute Gasteiger partial charge is 0.0602 e. The summed E-state index contributed by atoms with van der Waals surface area (Å²) in [7, 11) is 4.07. The Kier molecular flexibility index (Phi) is 4.09. The van der Waals surface area contributed by atoms with Gasteiger partial charge in [0.05, 0.1) is 11.4 Å². The van der Waals surface area contributed by atoms with Crippen LogP contribution >= 0.6 is 0 Å². The molecule has 1 aliphatic rings. The number of hydrogen-bond acceptors (Lipinski definition) is 4. The van der Waals surface area contributed by atoms with Crippen molar-refractivity contribution in [2.45, 2.75) is 0 Å². The fourth-order valence-electron chi connectivity index (χ4n) is 2.95. The highest BCUT2D eigenvalue weighted by Gasteiger charge is 2.19. The number of hydrogen-bond donors (Lipinski definition) is 1. The van der Waals surface area contributed by atoms with Crippen LogP contribution in [0.4, 0.5) is 22.7 Å². The van der Waals surface area contributed by atoms with E-state index >= 15 is 0 Å². The summed E-state index contributed by atoms with van der Waals surface area (Å²) < 4.78 is 0. The molecule has 0 amide bonds. The van der Waals surface area contributed by atoms with E-state index < -0.39 is 0 Å². The summed E-state index contributed by atoms with van der Waals surface area (Å²) in [4.78, 5) is 6.89. The van der Waals surface area contributed by atoms with Gasteiger partial charge in [-0.25, -0.2) is 0 Å². The first-order chi connectivity index (χ1) is 10.6. The van der Waals surface area contributed by atoms with Crippen LogP contribution in [0.2, 0.25) is 0 Å². The van der Waals surface area contributed by atoms with Crippen molar-refractivity contribution in [3.8, 4) is 0 Å². The molecule has 1 fully saturated rings. The Morgan fingerprint density at radius 2 is 1.50 bits per heavy atom. The predicted octanol–water partition coefficient (Wildman–Crippen LogP) is 2.66. The van der Waals surface area contributed by atoms with Gasteiger partial charge in [-0.1, -0.05) is 18.2 Å². The van der Waals surface area contributed by atoms with Crippen LogP contribution in [0.15, 0.2) is 48.5 Å². The lowest BCUT2D eigenvalue weighted by Gasteiger charge is -2.38. The summed E-state index contributed by atoms with van der Waals surface area (Å²) in [5.41, 5.74) is 10.7. The van der Waals surface area contributed by atoms with Gasteiger partial charge in [-0.3, -0.25) is 0 Å². The quantitative estimate of drug-likeness (QED) is 0.883. The lowest BCUT2D eigenvalue weighted by molar-refractivity contribution is 0.654. The molecule has 1 heterocycles. The van der Waals surface area contributed by atoms with Gasteiger partial charge < -0.3 is 20.4 Å². The average Bonchev–Trinajstić information content (AvgIpc) is 2.56. The second-order valence-electron chi connectivity index (χ2n) is 5.95. The van der Waals surface area contributed by atoms with E-state index in [-0.39, 0.29) is 0 Å². The molecular weight excluding hydrogens is 272 g/mol. The van der Waals surface area contributed by atoms with Crippen LogP contribution in [-0.2, 0) is 0 Å². The Hall–Kier alpha value is -2.36. The van der Waals surface area contributed by atoms with E-state index in [1.165, 1.54) is 5.69 Å². The first-order valence-corrected chi connectivity index (χ1v) is 7.77. The number of rotatable bonds is 3. The molecule has 1 aliphatic heterocycles. The molecule has 0 aromatic heterocycles. The topological polar surface area (TPSA) is 35.7 Å². The second kappa shape index (κ2) is 6.18. The SMILES string of the molecule is CN(C)c1ccc(N2CCN(c3ccccc3)CC2)c(N)c1. The molecule has 1 saturated heterocycles. The molecule has 3 rings (SSSR count). The number of nitrogens with two attached hydrogens (primary N) is 1. The highest BCUT2D eigenvalue weighted by molar-refractivity contribution is 5.73. The average molecular weight is 296 g/mol. The third-order valence-corrected chi connectivity index (χ3v) is 4.27. The van der Waals surface area contributed by atoms with E-state index in [9.17, 15) is 0 Å². The van der Waals surface area contributed by atoms with Crippen molar-refractivity contribution in [1.29, 1.82) is 0 Å². The number of anilines is 4. The minimum Gasteiger partial charge on any atom is -0.397 e. The first kappa shape index (κ1) is 14.6. The molecule has 0 atom stereocenters. The second-order valence-corrected chi connectivity index (χ2v) is 5.95. The Balaban J connectivity index is 1.69. The molecule has 0 saturated carbocycles. The summed E-state index contributed by atoms with van der Waals surface area (Å²) in [6.07, 6.45) is 0. The first-order valence-electron chi connectivity index (χ1n) is 7.77. The number of para-hydroxylation sites is 1. The minimum atomic E-state index is 0.861. The molecule has 0 aliphatic carbocycles. The van der Waals surface area contributed by atoms with E-state index in [1.54, 1.807) is 0 Å². The molecule has 0 unspecified atom stereocenters. The summed E-state index contributed by atoms with van der Waals surface area (Å²) >= 11 is 0. The molecular formula is C18H24N4. The van der Waals surface area contributed by atoms with Crippen molar-refractivity contribution in [2.24, 2.45) is 0 Å². The van der Waals surface area contributed by atoms with Crippen molar-refractivity contribution in [1.82, 2.24) is 0 Å². The Bertz CT molecular complexity index is 616. The lowest BCUT2D eigenvalue weighted by Crippen LogP contribution is -2.46. The van der Waals surface area contributed by atoms with Gasteiger partial charge in [0, 0.05) is 51.6 Å². The van der Waals surface area contributed by atoms with Crippen LogP contribution in [0.5, 0.6) is 0 Å². The van der Waals surface area contributed by atoms with Crippen LogP contribution < -0.4 is 20.4 Å². The Morgan fingerprint density at radius 3 is 2.09 bits per heavy atom. The molecule has 2 aromatic rings. The standard InChI is InChI=1S/C18H24N4/c1-20(2)16-8-9-18(17(19)14-16)22-12-10-21(11-13-22)15-6-4-3-5-7-15/h3-9,14H,10-13,19H2,1-2H3. The maximum atomic E-state index is 6.25. The molecule has 22 heavy (non-hydrogen) atoms. The summed E-state index contributed by atoms with van der Waals surface area (Å²) in [6.45, 7) is 4.05. The van der Waals surface area contributed by atoms with Gasteiger partial charge in [-0.2, -0.15) is 0 Å².